The molecule has 0 aliphatic heterocycles. The number of sulfone groups is 1. The number of benzene rings is 1. The fourth-order valence-electron chi connectivity index (χ4n) is 2.06. The number of para-hydroxylation sites is 1. The summed E-state index contributed by atoms with van der Waals surface area (Å²) in [5.74, 6) is 0.573. The molecule has 0 saturated carbocycles. The second-order valence-electron chi connectivity index (χ2n) is 4.61. The lowest BCUT2D eigenvalue weighted by molar-refractivity contribution is 0.439. The molecule has 0 amide bonds. The minimum Gasteiger partial charge on any atom is -0.458 e. The number of rotatable bonds is 4. The molecule has 2 rings (SSSR count). The fourth-order valence-corrected chi connectivity index (χ4v) is 3.04. The molecule has 0 bridgehead atoms. The summed E-state index contributed by atoms with van der Waals surface area (Å²) >= 11 is 6.06. The van der Waals surface area contributed by atoms with Crippen molar-refractivity contribution in [3.05, 3.63) is 35.0 Å². The van der Waals surface area contributed by atoms with Gasteiger partial charge in [0.15, 0.2) is 15.4 Å². The van der Waals surface area contributed by atoms with Crippen LogP contribution in [0.1, 0.15) is 18.7 Å². The van der Waals surface area contributed by atoms with Crippen LogP contribution in [0.25, 0.3) is 11.0 Å². The molecular formula is C13H16ClNO3S. The van der Waals surface area contributed by atoms with E-state index in [4.69, 9.17) is 16.0 Å². The van der Waals surface area contributed by atoms with Gasteiger partial charge in [0, 0.05) is 11.6 Å². The zero-order chi connectivity index (χ0) is 14.2. The van der Waals surface area contributed by atoms with Crippen LogP contribution in [0.4, 0.5) is 0 Å². The molecule has 1 aromatic carbocycles. The second kappa shape index (κ2) is 5.15. The van der Waals surface area contributed by atoms with E-state index in [-0.39, 0.29) is 0 Å². The molecule has 0 radical (unpaired) electrons. The summed E-state index contributed by atoms with van der Waals surface area (Å²) in [6.45, 7) is 1.66. The molecule has 1 aromatic heterocycles. The van der Waals surface area contributed by atoms with Crippen LogP contribution in [0.3, 0.4) is 0 Å². The molecule has 0 aliphatic carbocycles. The highest BCUT2D eigenvalue weighted by Gasteiger charge is 2.28. The SMILES string of the molecule is CNC(c1cc2cccc(Cl)c2o1)C(C)S(C)(=O)=O. The summed E-state index contributed by atoms with van der Waals surface area (Å²) in [6.07, 6.45) is 1.22. The minimum absolute atomic E-state index is 0.404. The Bertz CT molecular complexity index is 693. The molecule has 0 saturated heterocycles. The van der Waals surface area contributed by atoms with E-state index in [9.17, 15) is 8.42 Å². The number of nitrogens with one attached hydrogen (secondary N) is 1. The molecule has 0 fully saturated rings. The van der Waals surface area contributed by atoms with Crippen LogP contribution in [-0.2, 0) is 9.84 Å². The molecule has 104 valence electrons. The van der Waals surface area contributed by atoms with E-state index in [1.54, 1.807) is 20.0 Å². The standard InChI is InChI=1S/C13H16ClNO3S/c1-8(19(3,16)17)12(15-2)11-7-9-5-4-6-10(14)13(9)18-11/h4-8,12,15H,1-3H3. The summed E-state index contributed by atoms with van der Waals surface area (Å²) in [5.41, 5.74) is 0.583. The number of hydrogen-bond acceptors (Lipinski definition) is 4. The summed E-state index contributed by atoms with van der Waals surface area (Å²) < 4.78 is 29.1. The van der Waals surface area contributed by atoms with Crippen LogP contribution in [-0.4, -0.2) is 27.0 Å². The maximum absolute atomic E-state index is 11.7. The third-order valence-corrected chi connectivity index (χ3v) is 5.20. The normalized spacial score (nSPS) is 15.6. The van der Waals surface area contributed by atoms with E-state index in [1.807, 2.05) is 18.2 Å². The van der Waals surface area contributed by atoms with Gasteiger partial charge < -0.3 is 9.73 Å². The van der Waals surface area contributed by atoms with Crippen molar-refractivity contribution in [3.63, 3.8) is 0 Å². The topological polar surface area (TPSA) is 59.3 Å². The smallest absolute Gasteiger partial charge is 0.152 e. The Labute approximate surface area is 117 Å². The van der Waals surface area contributed by atoms with Crippen LogP contribution in [0, 0.1) is 0 Å². The van der Waals surface area contributed by atoms with Crippen molar-refractivity contribution in [3.8, 4) is 0 Å². The molecule has 2 aromatic rings. The molecular weight excluding hydrogens is 286 g/mol. The summed E-state index contributed by atoms with van der Waals surface area (Å²) in [7, 11) is -1.46. The van der Waals surface area contributed by atoms with Gasteiger partial charge in [-0.25, -0.2) is 8.42 Å². The lowest BCUT2D eigenvalue weighted by Gasteiger charge is -2.19. The first-order chi connectivity index (χ1) is 8.84. The summed E-state index contributed by atoms with van der Waals surface area (Å²) in [4.78, 5) is 0. The van der Waals surface area contributed by atoms with Gasteiger partial charge >= 0.3 is 0 Å². The van der Waals surface area contributed by atoms with Crippen molar-refractivity contribution < 1.29 is 12.8 Å². The van der Waals surface area contributed by atoms with E-state index in [1.165, 1.54) is 6.26 Å². The molecule has 0 spiro atoms. The quantitative estimate of drug-likeness (QED) is 0.943. The number of fused-ring (bicyclic) bond motifs is 1. The first-order valence-corrected chi connectivity index (χ1v) is 8.22. The highest BCUT2D eigenvalue weighted by Crippen LogP contribution is 2.31. The molecule has 1 N–H and O–H groups in total. The van der Waals surface area contributed by atoms with Crippen molar-refractivity contribution in [2.24, 2.45) is 0 Å². The van der Waals surface area contributed by atoms with Crippen molar-refractivity contribution in [1.82, 2.24) is 5.32 Å². The van der Waals surface area contributed by atoms with Crippen LogP contribution in [0.15, 0.2) is 28.7 Å². The molecule has 6 heteroatoms. The molecule has 19 heavy (non-hydrogen) atoms. The Balaban J connectivity index is 2.50. The Hall–Kier alpha value is -1.04. The van der Waals surface area contributed by atoms with E-state index in [0.717, 1.165) is 5.39 Å². The second-order valence-corrected chi connectivity index (χ2v) is 7.42. The Morgan fingerprint density at radius 2 is 2.05 bits per heavy atom. The van der Waals surface area contributed by atoms with E-state index >= 15 is 0 Å². The lowest BCUT2D eigenvalue weighted by atomic mass is 10.1. The summed E-state index contributed by atoms with van der Waals surface area (Å²) in [5, 5.41) is 3.79. The lowest BCUT2D eigenvalue weighted by Crippen LogP contribution is -2.32. The van der Waals surface area contributed by atoms with Gasteiger partial charge in [-0.05, 0) is 26.1 Å². The Morgan fingerprint density at radius 1 is 1.37 bits per heavy atom. The zero-order valence-corrected chi connectivity index (χ0v) is 12.5. The van der Waals surface area contributed by atoms with Gasteiger partial charge in [0.1, 0.15) is 5.76 Å². The van der Waals surface area contributed by atoms with Crippen LogP contribution in [0.5, 0.6) is 0 Å². The average Bonchev–Trinajstić information content (AvgIpc) is 2.74. The van der Waals surface area contributed by atoms with Gasteiger partial charge in [-0.15, -0.1) is 0 Å². The third kappa shape index (κ3) is 2.78. The maximum Gasteiger partial charge on any atom is 0.152 e. The van der Waals surface area contributed by atoms with E-state index in [2.05, 4.69) is 5.32 Å². The maximum atomic E-state index is 11.7. The van der Waals surface area contributed by atoms with Gasteiger partial charge in [-0.3, -0.25) is 0 Å². The minimum atomic E-state index is -3.17. The first-order valence-electron chi connectivity index (χ1n) is 5.88. The van der Waals surface area contributed by atoms with Gasteiger partial charge in [0.25, 0.3) is 0 Å². The highest BCUT2D eigenvalue weighted by molar-refractivity contribution is 7.91. The van der Waals surface area contributed by atoms with Gasteiger partial charge in [-0.2, -0.15) is 0 Å². The molecule has 2 atom stereocenters. The molecule has 4 nitrogen and oxygen atoms in total. The summed E-state index contributed by atoms with van der Waals surface area (Å²) in [6, 6.07) is 6.87. The highest BCUT2D eigenvalue weighted by atomic mass is 35.5. The van der Waals surface area contributed by atoms with Crippen LogP contribution in [0.2, 0.25) is 5.02 Å². The first kappa shape index (κ1) is 14.4. The van der Waals surface area contributed by atoms with E-state index in [0.29, 0.717) is 16.4 Å². The predicted octanol–water partition coefficient (Wildman–Crippen LogP) is 2.78. The third-order valence-electron chi connectivity index (χ3n) is 3.28. The van der Waals surface area contributed by atoms with Crippen molar-refractivity contribution >= 4 is 32.4 Å². The molecule has 2 unspecified atom stereocenters. The van der Waals surface area contributed by atoms with Crippen LogP contribution < -0.4 is 5.32 Å². The van der Waals surface area contributed by atoms with Crippen molar-refractivity contribution in [2.75, 3.05) is 13.3 Å². The van der Waals surface area contributed by atoms with E-state index < -0.39 is 21.1 Å². The largest absolute Gasteiger partial charge is 0.458 e. The fraction of sp³-hybridized carbons (Fsp3) is 0.385. The predicted molar refractivity (Wildman–Crippen MR) is 77.3 cm³/mol. The van der Waals surface area contributed by atoms with Crippen LogP contribution >= 0.6 is 11.6 Å². The van der Waals surface area contributed by atoms with Crippen molar-refractivity contribution in [2.45, 2.75) is 18.2 Å². The Kier molecular flexibility index (Phi) is 3.90. The monoisotopic (exact) mass is 301 g/mol. The average molecular weight is 302 g/mol. The van der Waals surface area contributed by atoms with Gasteiger partial charge in [-0.1, -0.05) is 23.7 Å². The Morgan fingerprint density at radius 3 is 2.58 bits per heavy atom. The van der Waals surface area contributed by atoms with Gasteiger partial charge in [0.2, 0.25) is 0 Å². The van der Waals surface area contributed by atoms with Gasteiger partial charge in [0.05, 0.1) is 16.3 Å². The molecule has 0 aliphatic rings. The number of hydrogen-bond donors (Lipinski definition) is 1. The number of halogens is 1. The zero-order valence-electron chi connectivity index (χ0n) is 11.0. The van der Waals surface area contributed by atoms with Crippen molar-refractivity contribution in [1.29, 1.82) is 0 Å². The molecule has 1 heterocycles. The number of furan rings is 1.